The van der Waals surface area contributed by atoms with Crippen molar-refractivity contribution < 1.29 is 4.79 Å². The van der Waals surface area contributed by atoms with Gasteiger partial charge in [0, 0.05) is 31.8 Å². The van der Waals surface area contributed by atoms with Gasteiger partial charge in [0.15, 0.2) is 0 Å². The van der Waals surface area contributed by atoms with Crippen LogP contribution in [0.25, 0.3) is 11.3 Å². The van der Waals surface area contributed by atoms with E-state index in [1.54, 1.807) is 29.9 Å². The van der Waals surface area contributed by atoms with Crippen molar-refractivity contribution >= 4 is 11.6 Å². The first kappa shape index (κ1) is 12.4. The first-order valence-electron chi connectivity index (χ1n) is 6.43. The van der Waals surface area contributed by atoms with E-state index in [2.05, 4.69) is 11.1 Å². The molecule has 0 N–H and O–H groups in total. The average molecular weight is 266 g/mol. The lowest BCUT2D eigenvalue weighted by atomic mass is 9.97. The molecule has 1 amide bonds. The van der Waals surface area contributed by atoms with E-state index in [1.807, 2.05) is 18.2 Å². The second-order valence-electron chi connectivity index (χ2n) is 4.96. The fraction of sp³-hybridized carbons (Fsp3) is 0.267. The number of benzene rings is 1. The van der Waals surface area contributed by atoms with Gasteiger partial charge in [-0.15, -0.1) is 0 Å². The van der Waals surface area contributed by atoms with E-state index in [9.17, 15) is 10.1 Å². The van der Waals surface area contributed by atoms with Crippen molar-refractivity contribution in [2.75, 3.05) is 11.9 Å². The maximum Gasteiger partial charge on any atom is 0.227 e. The van der Waals surface area contributed by atoms with Crippen LogP contribution in [0.1, 0.15) is 17.7 Å². The average Bonchev–Trinajstić information content (AvgIpc) is 2.83. The molecule has 5 nitrogen and oxygen atoms in total. The Bertz CT molecular complexity index is 739. The lowest BCUT2D eigenvalue weighted by Gasteiger charge is -2.26. The summed E-state index contributed by atoms with van der Waals surface area (Å²) in [4.78, 5) is 17.7. The summed E-state index contributed by atoms with van der Waals surface area (Å²) in [7, 11) is 3.60. The van der Waals surface area contributed by atoms with Crippen molar-refractivity contribution in [3.05, 3.63) is 35.8 Å². The zero-order valence-electron chi connectivity index (χ0n) is 11.4. The summed E-state index contributed by atoms with van der Waals surface area (Å²) in [5, 5.41) is 9.20. The number of imidazole rings is 1. The van der Waals surface area contributed by atoms with Crippen LogP contribution in [-0.2, 0) is 18.3 Å². The zero-order valence-corrected chi connectivity index (χ0v) is 11.4. The summed E-state index contributed by atoms with van der Waals surface area (Å²) in [6, 6.07) is 8.05. The number of rotatable bonds is 1. The molecule has 1 aliphatic rings. The van der Waals surface area contributed by atoms with Crippen molar-refractivity contribution in [1.29, 1.82) is 5.26 Å². The minimum Gasteiger partial charge on any atom is -0.325 e. The molecule has 2 aromatic rings. The standard InChI is InChI=1S/C15H14N4O/c1-18-9-17-15(13(18)8-16)11-3-5-12-10(7-11)4-6-14(20)19(12)2/h3,5,7,9H,4,6H2,1-2H3. The van der Waals surface area contributed by atoms with Crippen LogP contribution < -0.4 is 4.90 Å². The molecule has 1 aromatic carbocycles. The van der Waals surface area contributed by atoms with Crippen LogP contribution in [-0.4, -0.2) is 22.5 Å². The predicted molar refractivity (Wildman–Crippen MR) is 75.1 cm³/mol. The normalized spacial score (nSPS) is 14.1. The predicted octanol–water partition coefficient (Wildman–Crippen LogP) is 1.87. The summed E-state index contributed by atoms with van der Waals surface area (Å²) in [6.45, 7) is 0. The Morgan fingerprint density at radius 3 is 2.85 bits per heavy atom. The minimum atomic E-state index is 0.140. The number of hydrogen-bond acceptors (Lipinski definition) is 3. The van der Waals surface area contributed by atoms with Crippen LogP contribution in [0.15, 0.2) is 24.5 Å². The summed E-state index contributed by atoms with van der Waals surface area (Å²) >= 11 is 0. The van der Waals surface area contributed by atoms with Gasteiger partial charge in [-0.3, -0.25) is 4.79 Å². The van der Waals surface area contributed by atoms with Gasteiger partial charge >= 0.3 is 0 Å². The molecule has 0 atom stereocenters. The molecular weight excluding hydrogens is 252 g/mol. The highest BCUT2D eigenvalue weighted by Gasteiger charge is 2.22. The molecule has 1 aromatic heterocycles. The molecule has 0 aliphatic carbocycles. The van der Waals surface area contributed by atoms with E-state index >= 15 is 0 Å². The third-order valence-corrected chi connectivity index (χ3v) is 3.74. The van der Waals surface area contributed by atoms with Crippen molar-refractivity contribution in [2.45, 2.75) is 12.8 Å². The van der Waals surface area contributed by atoms with E-state index < -0.39 is 0 Å². The van der Waals surface area contributed by atoms with Gasteiger partial charge in [0.05, 0.1) is 6.33 Å². The number of fused-ring (bicyclic) bond motifs is 1. The van der Waals surface area contributed by atoms with Crippen molar-refractivity contribution in [1.82, 2.24) is 9.55 Å². The maximum absolute atomic E-state index is 11.7. The number of anilines is 1. The summed E-state index contributed by atoms with van der Waals surface area (Å²) in [6.07, 6.45) is 2.91. The molecule has 0 saturated heterocycles. The molecule has 3 rings (SSSR count). The number of carbonyl (C=O) groups is 1. The lowest BCUT2D eigenvalue weighted by molar-refractivity contribution is -0.118. The molecule has 0 saturated carbocycles. The summed E-state index contributed by atoms with van der Waals surface area (Å²) in [5.41, 5.74) is 4.23. The Labute approximate surface area is 117 Å². The van der Waals surface area contributed by atoms with Gasteiger partial charge in [-0.1, -0.05) is 6.07 Å². The Morgan fingerprint density at radius 2 is 2.10 bits per heavy atom. The molecule has 0 radical (unpaired) electrons. The largest absolute Gasteiger partial charge is 0.325 e. The Balaban J connectivity index is 2.10. The molecule has 1 aliphatic heterocycles. The molecule has 5 heteroatoms. The Morgan fingerprint density at radius 1 is 1.30 bits per heavy atom. The van der Waals surface area contributed by atoms with Crippen LogP contribution in [0, 0.1) is 11.3 Å². The van der Waals surface area contributed by atoms with Gasteiger partial charge in [0.2, 0.25) is 5.91 Å². The minimum absolute atomic E-state index is 0.140. The summed E-state index contributed by atoms with van der Waals surface area (Å²) in [5.74, 6) is 0.140. The monoisotopic (exact) mass is 266 g/mol. The topological polar surface area (TPSA) is 61.9 Å². The van der Waals surface area contributed by atoms with Gasteiger partial charge in [0.1, 0.15) is 17.5 Å². The van der Waals surface area contributed by atoms with Gasteiger partial charge in [-0.2, -0.15) is 5.26 Å². The molecule has 0 spiro atoms. The van der Waals surface area contributed by atoms with Gasteiger partial charge in [0.25, 0.3) is 0 Å². The van der Waals surface area contributed by atoms with Crippen molar-refractivity contribution in [3.63, 3.8) is 0 Å². The van der Waals surface area contributed by atoms with Gasteiger partial charge in [-0.05, 0) is 24.1 Å². The maximum atomic E-state index is 11.7. The fourth-order valence-corrected chi connectivity index (χ4v) is 2.58. The summed E-state index contributed by atoms with van der Waals surface area (Å²) < 4.78 is 1.71. The lowest BCUT2D eigenvalue weighted by Crippen LogP contribution is -2.30. The van der Waals surface area contributed by atoms with Crippen LogP contribution in [0.4, 0.5) is 5.69 Å². The van der Waals surface area contributed by atoms with E-state index in [1.165, 1.54) is 0 Å². The van der Waals surface area contributed by atoms with Crippen LogP contribution in [0.3, 0.4) is 0 Å². The van der Waals surface area contributed by atoms with Crippen LogP contribution in [0.5, 0.6) is 0 Å². The fourth-order valence-electron chi connectivity index (χ4n) is 2.58. The first-order valence-corrected chi connectivity index (χ1v) is 6.43. The third-order valence-electron chi connectivity index (χ3n) is 3.74. The smallest absolute Gasteiger partial charge is 0.227 e. The van der Waals surface area contributed by atoms with E-state index in [4.69, 9.17) is 0 Å². The molecule has 100 valence electrons. The number of nitriles is 1. The third kappa shape index (κ3) is 1.77. The van der Waals surface area contributed by atoms with Gasteiger partial charge < -0.3 is 9.47 Å². The molecule has 0 fully saturated rings. The molecular formula is C15H14N4O. The van der Waals surface area contributed by atoms with E-state index in [0.29, 0.717) is 17.8 Å². The number of aryl methyl sites for hydroxylation is 2. The molecule has 20 heavy (non-hydrogen) atoms. The van der Waals surface area contributed by atoms with Crippen LogP contribution in [0.2, 0.25) is 0 Å². The number of nitrogens with zero attached hydrogens (tertiary/aromatic N) is 4. The number of aromatic nitrogens is 2. The molecule has 0 unspecified atom stereocenters. The molecule has 0 bridgehead atoms. The van der Waals surface area contributed by atoms with Crippen LogP contribution >= 0.6 is 0 Å². The zero-order chi connectivity index (χ0) is 14.3. The Kier molecular flexibility index (Phi) is 2.79. The number of amides is 1. The van der Waals surface area contributed by atoms with Crippen molar-refractivity contribution in [3.8, 4) is 17.3 Å². The highest BCUT2D eigenvalue weighted by atomic mass is 16.2. The second kappa shape index (κ2) is 4.49. The van der Waals surface area contributed by atoms with Crippen molar-refractivity contribution in [2.24, 2.45) is 7.05 Å². The Hall–Kier alpha value is -2.61. The SMILES string of the molecule is CN1C(=O)CCc2cc(-c3ncn(C)c3C#N)ccc21. The first-order chi connectivity index (χ1) is 9.61. The number of hydrogen-bond donors (Lipinski definition) is 0. The van der Waals surface area contributed by atoms with E-state index in [0.717, 1.165) is 23.2 Å². The quantitative estimate of drug-likeness (QED) is 0.791. The molecule has 2 heterocycles. The van der Waals surface area contributed by atoms with E-state index in [-0.39, 0.29) is 5.91 Å². The number of carbonyl (C=O) groups excluding carboxylic acids is 1. The second-order valence-corrected chi connectivity index (χ2v) is 4.96. The van der Waals surface area contributed by atoms with Gasteiger partial charge in [-0.25, -0.2) is 4.98 Å². The highest BCUT2D eigenvalue weighted by Crippen LogP contribution is 2.31. The highest BCUT2D eigenvalue weighted by molar-refractivity contribution is 5.96.